The topological polar surface area (TPSA) is 89.2 Å². The maximum Gasteiger partial charge on any atom is 0.251 e. The second kappa shape index (κ2) is 10.9. The number of amides is 2. The van der Waals surface area contributed by atoms with Crippen molar-refractivity contribution in [1.82, 2.24) is 20.2 Å². The fourth-order valence-corrected chi connectivity index (χ4v) is 4.07. The first kappa shape index (κ1) is 22.7. The highest BCUT2D eigenvalue weighted by molar-refractivity contribution is 7.99. The number of halogens is 1. The number of hydrogen-bond donors (Lipinski definition) is 2. The van der Waals surface area contributed by atoms with Crippen LogP contribution in [0.2, 0.25) is 5.02 Å². The molecule has 0 radical (unpaired) electrons. The van der Waals surface area contributed by atoms with Crippen LogP contribution in [-0.2, 0) is 17.9 Å². The fourth-order valence-electron chi connectivity index (χ4n) is 3.07. The van der Waals surface area contributed by atoms with Crippen LogP contribution in [0.4, 0.5) is 0 Å². The summed E-state index contributed by atoms with van der Waals surface area (Å²) in [6.07, 6.45) is 5.06. The summed E-state index contributed by atoms with van der Waals surface area (Å²) in [6.45, 7) is 0.700. The number of hydrogen-bond acceptors (Lipinski definition) is 5. The van der Waals surface area contributed by atoms with Crippen LogP contribution in [0, 0.1) is 0 Å². The van der Waals surface area contributed by atoms with Gasteiger partial charge in [0.25, 0.3) is 5.91 Å². The molecule has 2 aromatic heterocycles. The van der Waals surface area contributed by atoms with E-state index in [0.29, 0.717) is 34.6 Å². The molecule has 0 unspecified atom stereocenters. The third-order valence-electron chi connectivity index (χ3n) is 4.78. The van der Waals surface area contributed by atoms with Crippen LogP contribution in [0.3, 0.4) is 0 Å². The van der Waals surface area contributed by atoms with Gasteiger partial charge >= 0.3 is 0 Å². The van der Waals surface area contributed by atoms with Crippen molar-refractivity contribution in [1.29, 1.82) is 0 Å². The highest BCUT2D eigenvalue weighted by Gasteiger charge is 2.11. The Bertz CT molecular complexity index is 1220. The number of carbonyl (C=O) groups excluding carboxylic acids is 2. The van der Waals surface area contributed by atoms with Gasteiger partial charge in [-0.1, -0.05) is 41.6 Å². The maximum atomic E-state index is 12.3. The van der Waals surface area contributed by atoms with E-state index in [1.54, 1.807) is 42.8 Å². The number of thioether (sulfide) groups is 1. The molecule has 0 aliphatic heterocycles. The average Bonchev–Trinajstić information content (AvgIpc) is 3.53. The summed E-state index contributed by atoms with van der Waals surface area (Å²) in [7, 11) is 0. The molecule has 2 N–H and O–H groups in total. The monoisotopic (exact) mass is 480 g/mol. The van der Waals surface area contributed by atoms with E-state index in [1.165, 1.54) is 11.8 Å². The number of rotatable bonds is 9. The van der Waals surface area contributed by atoms with Gasteiger partial charge in [-0.3, -0.25) is 14.2 Å². The van der Waals surface area contributed by atoms with Crippen LogP contribution in [0.15, 0.2) is 88.9 Å². The second-order valence-electron chi connectivity index (χ2n) is 7.05. The largest absolute Gasteiger partial charge is 0.467 e. The predicted octanol–water partition coefficient (Wildman–Crippen LogP) is 4.46. The molecule has 0 bridgehead atoms. The van der Waals surface area contributed by atoms with Crippen molar-refractivity contribution < 1.29 is 14.0 Å². The molecule has 0 saturated heterocycles. The van der Waals surface area contributed by atoms with Crippen molar-refractivity contribution >= 4 is 35.2 Å². The molecular weight excluding hydrogens is 460 g/mol. The molecule has 2 amide bonds. The Kier molecular flexibility index (Phi) is 7.49. The lowest BCUT2D eigenvalue weighted by Gasteiger charge is -2.10. The van der Waals surface area contributed by atoms with Gasteiger partial charge in [0.15, 0.2) is 5.16 Å². The molecule has 2 aromatic carbocycles. The molecule has 7 nitrogen and oxygen atoms in total. The molecule has 4 aromatic rings. The Hall–Kier alpha value is -3.49. The first-order chi connectivity index (χ1) is 16.1. The smallest absolute Gasteiger partial charge is 0.251 e. The molecule has 0 spiro atoms. The van der Waals surface area contributed by atoms with E-state index in [-0.39, 0.29) is 17.6 Å². The third-order valence-corrected chi connectivity index (χ3v) is 6.12. The van der Waals surface area contributed by atoms with Crippen LogP contribution >= 0.6 is 23.4 Å². The Balaban J connectivity index is 1.31. The van der Waals surface area contributed by atoms with Gasteiger partial charge in [-0.25, -0.2) is 4.98 Å². The lowest BCUT2D eigenvalue weighted by atomic mass is 10.2. The summed E-state index contributed by atoms with van der Waals surface area (Å²) in [4.78, 5) is 29.0. The average molecular weight is 481 g/mol. The standard InChI is InChI=1S/C24H21ClN4O3S/c25-21-6-2-1-4-18(21)14-27-22(30)16-33-24-26-11-12-29(24)19-9-7-17(8-10-19)23(31)28-15-20-5-3-13-32-20/h1-13H,14-16H2,(H,27,30)(H,28,31). The van der Waals surface area contributed by atoms with E-state index >= 15 is 0 Å². The van der Waals surface area contributed by atoms with E-state index in [9.17, 15) is 9.59 Å². The molecule has 0 aliphatic rings. The van der Waals surface area contributed by atoms with E-state index in [1.807, 2.05) is 41.1 Å². The molecule has 0 fully saturated rings. The minimum absolute atomic E-state index is 0.113. The highest BCUT2D eigenvalue weighted by atomic mass is 35.5. The molecule has 0 saturated carbocycles. The summed E-state index contributed by atoms with van der Waals surface area (Å²) < 4.78 is 7.09. The van der Waals surface area contributed by atoms with E-state index in [4.69, 9.17) is 16.0 Å². The highest BCUT2D eigenvalue weighted by Crippen LogP contribution is 2.21. The fraction of sp³-hybridized carbons (Fsp3) is 0.125. The van der Waals surface area contributed by atoms with Gasteiger partial charge in [0.05, 0.1) is 18.6 Å². The molecule has 33 heavy (non-hydrogen) atoms. The maximum absolute atomic E-state index is 12.3. The van der Waals surface area contributed by atoms with Gasteiger partial charge in [-0.05, 0) is 48.0 Å². The lowest BCUT2D eigenvalue weighted by Crippen LogP contribution is -2.24. The molecule has 0 atom stereocenters. The van der Waals surface area contributed by atoms with Crippen LogP contribution in [0.5, 0.6) is 0 Å². The van der Waals surface area contributed by atoms with Crippen LogP contribution < -0.4 is 10.6 Å². The zero-order valence-electron chi connectivity index (χ0n) is 17.5. The minimum atomic E-state index is -0.187. The van der Waals surface area contributed by atoms with Crippen LogP contribution in [0.1, 0.15) is 21.7 Å². The predicted molar refractivity (Wildman–Crippen MR) is 127 cm³/mol. The summed E-state index contributed by atoms with van der Waals surface area (Å²) in [6, 6.07) is 18.2. The van der Waals surface area contributed by atoms with Crippen molar-refractivity contribution in [3.63, 3.8) is 0 Å². The van der Waals surface area contributed by atoms with Crippen LogP contribution in [-0.4, -0.2) is 27.1 Å². The molecule has 4 rings (SSSR count). The number of furan rings is 1. The summed E-state index contributed by atoms with van der Waals surface area (Å²) in [5.74, 6) is 0.608. The summed E-state index contributed by atoms with van der Waals surface area (Å²) >= 11 is 7.46. The normalized spacial score (nSPS) is 10.7. The number of nitrogens with zero attached hydrogens (tertiary/aromatic N) is 2. The molecular formula is C24H21ClN4O3S. The van der Waals surface area contributed by atoms with Crippen LogP contribution in [0.25, 0.3) is 5.69 Å². The lowest BCUT2D eigenvalue weighted by molar-refractivity contribution is -0.118. The van der Waals surface area contributed by atoms with Crippen molar-refractivity contribution in [3.05, 3.63) is 101 Å². The van der Waals surface area contributed by atoms with Gasteiger partial charge < -0.3 is 15.1 Å². The van der Waals surface area contributed by atoms with Crippen molar-refractivity contribution in [2.24, 2.45) is 0 Å². The summed E-state index contributed by atoms with van der Waals surface area (Å²) in [5.41, 5.74) is 2.25. The number of aromatic nitrogens is 2. The SMILES string of the molecule is O=C(CSc1nccn1-c1ccc(C(=O)NCc2ccco2)cc1)NCc1ccccc1Cl. The first-order valence-corrected chi connectivity index (χ1v) is 11.5. The molecule has 168 valence electrons. The Morgan fingerprint density at radius 2 is 1.82 bits per heavy atom. The number of carbonyl (C=O) groups is 2. The zero-order chi connectivity index (χ0) is 23.0. The van der Waals surface area contributed by atoms with E-state index < -0.39 is 0 Å². The zero-order valence-corrected chi connectivity index (χ0v) is 19.1. The van der Waals surface area contributed by atoms with Gasteiger partial charge in [0, 0.05) is 35.2 Å². The minimum Gasteiger partial charge on any atom is -0.467 e. The van der Waals surface area contributed by atoms with Gasteiger partial charge in [0.1, 0.15) is 5.76 Å². The molecule has 0 aliphatic carbocycles. The first-order valence-electron chi connectivity index (χ1n) is 10.2. The van der Waals surface area contributed by atoms with E-state index in [0.717, 1.165) is 11.3 Å². The molecule has 2 heterocycles. The quantitative estimate of drug-likeness (QED) is 0.345. The van der Waals surface area contributed by atoms with Crippen molar-refractivity contribution in [3.8, 4) is 5.69 Å². The van der Waals surface area contributed by atoms with Gasteiger partial charge in [0.2, 0.25) is 5.91 Å². The second-order valence-corrected chi connectivity index (χ2v) is 8.40. The summed E-state index contributed by atoms with van der Waals surface area (Å²) in [5, 5.41) is 6.99. The Morgan fingerprint density at radius 1 is 1.00 bits per heavy atom. The van der Waals surface area contributed by atoms with Gasteiger partial charge in [-0.2, -0.15) is 0 Å². The van der Waals surface area contributed by atoms with Gasteiger partial charge in [-0.15, -0.1) is 0 Å². The Labute approximate surface area is 200 Å². The number of nitrogens with one attached hydrogen (secondary N) is 2. The van der Waals surface area contributed by atoms with E-state index in [2.05, 4.69) is 15.6 Å². The molecule has 9 heteroatoms. The number of imidazole rings is 1. The Morgan fingerprint density at radius 3 is 2.58 bits per heavy atom. The third kappa shape index (κ3) is 6.06. The van der Waals surface area contributed by atoms with Crippen molar-refractivity contribution in [2.45, 2.75) is 18.2 Å². The van der Waals surface area contributed by atoms with Crippen molar-refractivity contribution in [2.75, 3.05) is 5.75 Å². The number of benzene rings is 2.